The first-order valence-corrected chi connectivity index (χ1v) is 14.5. The number of thioether (sulfide) groups is 1. The van der Waals surface area contributed by atoms with E-state index in [0.29, 0.717) is 5.57 Å². The molecule has 1 amide bonds. The Morgan fingerprint density at radius 2 is 1.95 bits per heavy atom. The summed E-state index contributed by atoms with van der Waals surface area (Å²) in [5.74, 6) is -1.72. The smallest absolute Gasteiger partial charge is 0.434 e. The van der Waals surface area contributed by atoms with Gasteiger partial charge < -0.3 is 24.2 Å². The van der Waals surface area contributed by atoms with Crippen molar-refractivity contribution in [3.05, 3.63) is 23.1 Å². The Kier molecular flexibility index (Phi) is 8.20. The number of β-lactam (4-membered cyclic amide) rings is 1. The summed E-state index contributed by atoms with van der Waals surface area (Å²) in [6.07, 6.45) is 4.28. The zero-order valence-electron chi connectivity index (χ0n) is 21.8. The summed E-state index contributed by atoms with van der Waals surface area (Å²) in [6, 6.07) is -0.370. The number of thiazole rings is 1. The van der Waals surface area contributed by atoms with E-state index in [9.17, 15) is 19.5 Å². The normalized spacial score (nSPS) is 22.8. The highest BCUT2D eigenvalue weighted by Gasteiger charge is 2.60. The van der Waals surface area contributed by atoms with Crippen LogP contribution in [0.5, 0.6) is 0 Å². The second kappa shape index (κ2) is 11.0. The Bertz CT molecular complexity index is 1220. The lowest BCUT2D eigenvalue weighted by atomic mass is 9.77. The number of aliphatic hydroxyl groups excluding tert-OH is 1. The molecule has 4 rings (SSSR count). The first kappa shape index (κ1) is 27.5. The van der Waals surface area contributed by atoms with Crippen molar-refractivity contribution >= 4 is 51.5 Å². The molecule has 2 aromatic rings. The molecule has 37 heavy (non-hydrogen) atoms. The maximum atomic E-state index is 13.4. The van der Waals surface area contributed by atoms with Gasteiger partial charge in [0.05, 0.1) is 29.5 Å². The summed E-state index contributed by atoms with van der Waals surface area (Å²) < 4.78 is 17.7. The second-order valence-corrected chi connectivity index (χ2v) is 11.2. The third-order valence-corrected chi connectivity index (χ3v) is 9.09. The third-order valence-electron chi connectivity index (χ3n) is 7.13. The standard InChI is InChI=1S/C25H33N3O7S2/c1-7-15(8-2)10-33-25(32)35-14(5)34-24(31)20-17(12(3)19-18(13(4)29)22(30)28(19)20)16-9-27-11-26-21(36-6)23(27)37-16/h9,11-15,18-19,29H,7-8,10H2,1-6H3/t12-,13+,14?,18+,19+/m0/s1. The van der Waals surface area contributed by atoms with Gasteiger partial charge in [0, 0.05) is 24.6 Å². The van der Waals surface area contributed by atoms with Gasteiger partial charge in [0.25, 0.3) is 0 Å². The Morgan fingerprint density at radius 3 is 2.57 bits per heavy atom. The molecule has 2 aromatic heterocycles. The number of ether oxygens (including phenoxy) is 3. The molecule has 0 radical (unpaired) electrons. The van der Waals surface area contributed by atoms with Gasteiger partial charge in [-0.3, -0.25) is 9.20 Å². The van der Waals surface area contributed by atoms with E-state index in [1.165, 1.54) is 34.9 Å². The van der Waals surface area contributed by atoms with Crippen LogP contribution in [0.3, 0.4) is 0 Å². The number of carbonyl (C=O) groups excluding carboxylic acids is 3. The van der Waals surface area contributed by atoms with Crippen LogP contribution in [0.2, 0.25) is 0 Å². The van der Waals surface area contributed by atoms with Gasteiger partial charge in [-0.25, -0.2) is 14.6 Å². The highest BCUT2D eigenvalue weighted by molar-refractivity contribution is 7.98. The maximum Gasteiger partial charge on any atom is 0.511 e. The van der Waals surface area contributed by atoms with Gasteiger partial charge >= 0.3 is 12.1 Å². The molecule has 0 bridgehead atoms. The fraction of sp³-hybridized carbons (Fsp3) is 0.600. The van der Waals surface area contributed by atoms with Gasteiger partial charge in [-0.15, -0.1) is 23.1 Å². The molecule has 1 unspecified atom stereocenters. The van der Waals surface area contributed by atoms with E-state index in [2.05, 4.69) is 4.98 Å². The number of hydrogen-bond acceptors (Lipinski definition) is 10. The predicted octanol–water partition coefficient (Wildman–Crippen LogP) is 4.16. The van der Waals surface area contributed by atoms with E-state index >= 15 is 0 Å². The molecule has 0 spiro atoms. The van der Waals surface area contributed by atoms with Crippen LogP contribution in [0.25, 0.3) is 10.4 Å². The summed E-state index contributed by atoms with van der Waals surface area (Å²) in [7, 11) is 0. The molecular formula is C25H33N3O7S2. The summed E-state index contributed by atoms with van der Waals surface area (Å²) in [5.41, 5.74) is 0.777. The van der Waals surface area contributed by atoms with E-state index in [4.69, 9.17) is 14.2 Å². The van der Waals surface area contributed by atoms with Gasteiger partial charge in [0.15, 0.2) is 0 Å². The average Bonchev–Trinajstić information content (AvgIpc) is 3.48. The highest BCUT2D eigenvalue weighted by Crippen LogP contribution is 2.52. The molecule has 1 saturated heterocycles. The SMILES string of the molecule is CCC(CC)COC(=O)OC(C)OC(=O)C1=C(c2cn3cnc(SC)c3s2)[C@H](C)[C@@H]2[C@@H]([C@@H](C)O)C(=O)N12. The van der Waals surface area contributed by atoms with Gasteiger partial charge in [0.2, 0.25) is 12.2 Å². The van der Waals surface area contributed by atoms with Crippen LogP contribution in [0.15, 0.2) is 23.2 Å². The minimum absolute atomic E-state index is 0.114. The lowest BCUT2D eigenvalue weighted by Crippen LogP contribution is -2.63. The number of fused-ring (bicyclic) bond motifs is 2. The van der Waals surface area contributed by atoms with Crippen molar-refractivity contribution < 1.29 is 33.7 Å². The number of amides is 1. The number of esters is 1. The average molecular weight is 552 g/mol. The summed E-state index contributed by atoms with van der Waals surface area (Å²) in [6.45, 7) is 9.20. The number of aliphatic hydroxyl groups is 1. The molecule has 1 fully saturated rings. The molecule has 12 heteroatoms. The van der Waals surface area contributed by atoms with Crippen molar-refractivity contribution in [1.29, 1.82) is 0 Å². The van der Waals surface area contributed by atoms with Crippen molar-refractivity contribution in [2.24, 2.45) is 17.8 Å². The molecule has 5 atom stereocenters. The molecule has 0 saturated carbocycles. The van der Waals surface area contributed by atoms with Crippen molar-refractivity contribution in [3.63, 3.8) is 0 Å². The lowest BCUT2D eigenvalue weighted by Gasteiger charge is -2.46. The first-order valence-electron chi connectivity index (χ1n) is 12.4. The predicted molar refractivity (Wildman–Crippen MR) is 139 cm³/mol. The number of aromatic nitrogens is 2. The van der Waals surface area contributed by atoms with Crippen LogP contribution >= 0.6 is 23.1 Å². The van der Waals surface area contributed by atoms with E-state index in [1.807, 2.05) is 37.6 Å². The van der Waals surface area contributed by atoms with Crippen molar-refractivity contribution in [2.75, 3.05) is 12.9 Å². The Labute approximate surface area is 224 Å². The van der Waals surface area contributed by atoms with E-state index in [0.717, 1.165) is 27.6 Å². The highest BCUT2D eigenvalue weighted by atomic mass is 32.2. The van der Waals surface area contributed by atoms with Crippen LogP contribution in [0.4, 0.5) is 4.79 Å². The third kappa shape index (κ3) is 4.98. The molecule has 2 aliphatic heterocycles. The molecule has 2 aliphatic rings. The maximum absolute atomic E-state index is 13.4. The van der Waals surface area contributed by atoms with Gasteiger partial charge in [-0.1, -0.05) is 33.6 Å². The lowest BCUT2D eigenvalue weighted by molar-refractivity contribution is -0.173. The minimum atomic E-state index is -1.22. The van der Waals surface area contributed by atoms with Crippen LogP contribution < -0.4 is 0 Å². The quantitative estimate of drug-likeness (QED) is 0.201. The summed E-state index contributed by atoms with van der Waals surface area (Å²) in [5, 5.41) is 11.1. The molecule has 10 nitrogen and oxygen atoms in total. The molecule has 0 aliphatic carbocycles. The van der Waals surface area contributed by atoms with Gasteiger partial charge in [0.1, 0.15) is 21.9 Å². The Balaban J connectivity index is 1.59. The molecule has 4 heterocycles. The zero-order valence-corrected chi connectivity index (χ0v) is 23.4. The number of rotatable bonds is 10. The van der Waals surface area contributed by atoms with Crippen molar-refractivity contribution in [3.8, 4) is 0 Å². The number of hydrogen-bond donors (Lipinski definition) is 1. The summed E-state index contributed by atoms with van der Waals surface area (Å²) in [4.78, 5) is 46.1. The second-order valence-electron chi connectivity index (χ2n) is 9.41. The van der Waals surface area contributed by atoms with Crippen LogP contribution in [-0.4, -0.2) is 68.7 Å². The number of imidazole rings is 1. The van der Waals surface area contributed by atoms with E-state index < -0.39 is 30.4 Å². The van der Waals surface area contributed by atoms with Crippen LogP contribution in [0.1, 0.15) is 52.3 Å². The van der Waals surface area contributed by atoms with Crippen molar-refractivity contribution in [1.82, 2.24) is 14.3 Å². The van der Waals surface area contributed by atoms with Gasteiger partial charge in [-0.05, 0) is 19.1 Å². The molecule has 0 aromatic carbocycles. The topological polar surface area (TPSA) is 120 Å². The largest absolute Gasteiger partial charge is 0.511 e. The van der Waals surface area contributed by atoms with Crippen molar-refractivity contribution in [2.45, 2.75) is 70.9 Å². The fourth-order valence-corrected chi connectivity index (χ4v) is 6.96. The summed E-state index contributed by atoms with van der Waals surface area (Å²) >= 11 is 2.99. The fourth-order valence-electron chi connectivity index (χ4n) is 5.04. The Morgan fingerprint density at radius 1 is 1.24 bits per heavy atom. The van der Waals surface area contributed by atoms with Crippen LogP contribution in [0, 0.1) is 17.8 Å². The minimum Gasteiger partial charge on any atom is -0.434 e. The molecular weight excluding hydrogens is 518 g/mol. The molecule has 1 N–H and O–H groups in total. The zero-order chi connectivity index (χ0) is 27.0. The van der Waals surface area contributed by atoms with E-state index in [1.54, 1.807) is 13.3 Å². The monoisotopic (exact) mass is 551 g/mol. The van der Waals surface area contributed by atoms with Crippen LogP contribution in [-0.2, 0) is 23.8 Å². The molecule has 202 valence electrons. The number of nitrogens with zero attached hydrogens (tertiary/aromatic N) is 3. The van der Waals surface area contributed by atoms with E-state index in [-0.39, 0.29) is 36.1 Å². The first-order chi connectivity index (χ1) is 17.6. The number of carbonyl (C=O) groups is 3. The Hall–Kier alpha value is -2.57. The van der Waals surface area contributed by atoms with Gasteiger partial charge in [-0.2, -0.15) is 0 Å².